The van der Waals surface area contributed by atoms with Gasteiger partial charge < -0.3 is 15.4 Å². The molecule has 0 rings (SSSR count). The second-order valence-corrected chi connectivity index (χ2v) is 5.30. The Labute approximate surface area is 105 Å². The van der Waals surface area contributed by atoms with Crippen molar-refractivity contribution in [1.82, 2.24) is 4.90 Å². The van der Waals surface area contributed by atoms with Crippen molar-refractivity contribution in [2.24, 2.45) is 11.1 Å². The van der Waals surface area contributed by atoms with E-state index in [-0.39, 0.29) is 17.4 Å². The van der Waals surface area contributed by atoms with Gasteiger partial charge in [0.25, 0.3) is 0 Å². The van der Waals surface area contributed by atoms with E-state index in [1.165, 1.54) is 0 Å². The minimum Gasteiger partial charge on any atom is -0.383 e. The molecule has 0 saturated heterocycles. The maximum atomic E-state index is 12.0. The zero-order valence-electron chi connectivity index (χ0n) is 11.5. The SMILES string of the molecule is C=CCN(CCOC)C(=O)CC(N)C(C)(C)C. The molecule has 0 aliphatic carbocycles. The summed E-state index contributed by atoms with van der Waals surface area (Å²) in [5, 5.41) is 0. The van der Waals surface area contributed by atoms with Crippen LogP contribution in [0, 0.1) is 5.41 Å². The Balaban J connectivity index is 4.36. The molecule has 1 atom stereocenters. The van der Waals surface area contributed by atoms with Crippen LogP contribution in [0.15, 0.2) is 12.7 Å². The monoisotopic (exact) mass is 242 g/mol. The topological polar surface area (TPSA) is 55.6 Å². The fraction of sp³-hybridized carbons (Fsp3) is 0.769. The lowest BCUT2D eigenvalue weighted by Crippen LogP contribution is -2.42. The van der Waals surface area contributed by atoms with Crippen molar-refractivity contribution in [2.45, 2.75) is 33.2 Å². The standard InChI is InChI=1S/C13H26N2O2/c1-6-7-15(8-9-17-5)12(16)10-11(14)13(2,3)4/h6,11H,1,7-10,14H2,2-5H3. The molecular weight excluding hydrogens is 216 g/mol. The molecule has 0 aromatic heterocycles. The summed E-state index contributed by atoms with van der Waals surface area (Å²) in [7, 11) is 1.62. The van der Waals surface area contributed by atoms with Crippen LogP contribution in [0.4, 0.5) is 0 Å². The molecule has 1 amide bonds. The van der Waals surface area contributed by atoms with Crippen molar-refractivity contribution < 1.29 is 9.53 Å². The third-order valence-corrected chi connectivity index (χ3v) is 2.77. The van der Waals surface area contributed by atoms with Gasteiger partial charge in [0, 0.05) is 32.7 Å². The first-order valence-corrected chi connectivity index (χ1v) is 5.96. The Hall–Kier alpha value is -0.870. The van der Waals surface area contributed by atoms with Gasteiger partial charge in [0.15, 0.2) is 0 Å². The molecule has 0 heterocycles. The van der Waals surface area contributed by atoms with E-state index in [0.29, 0.717) is 26.1 Å². The average molecular weight is 242 g/mol. The lowest BCUT2D eigenvalue weighted by molar-refractivity contribution is -0.132. The Morgan fingerprint density at radius 3 is 2.53 bits per heavy atom. The lowest BCUT2D eigenvalue weighted by Gasteiger charge is -2.29. The summed E-state index contributed by atoms with van der Waals surface area (Å²) in [5.74, 6) is 0.0596. The van der Waals surface area contributed by atoms with E-state index in [9.17, 15) is 4.79 Å². The second-order valence-electron chi connectivity index (χ2n) is 5.30. The second kappa shape index (κ2) is 7.45. The number of carbonyl (C=O) groups excluding carboxylic acids is 1. The summed E-state index contributed by atoms with van der Waals surface area (Å²) in [4.78, 5) is 13.8. The Kier molecular flexibility index (Phi) is 7.07. The predicted octanol–water partition coefficient (Wildman–Crippen LogP) is 1.41. The van der Waals surface area contributed by atoms with Gasteiger partial charge in [0.2, 0.25) is 5.91 Å². The third-order valence-electron chi connectivity index (χ3n) is 2.77. The van der Waals surface area contributed by atoms with Gasteiger partial charge in [-0.1, -0.05) is 26.8 Å². The third kappa shape index (κ3) is 6.44. The molecule has 0 aromatic rings. The van der Waals surface area contributed by atoms with E-state index in [4.69, 9.17) is 10.5 Å². The predicted molar refractivity (Wildman–Crippen MR) is 70.7 cm³/mol. The number of rotatable bonds is 7. The van der Waals surface area contributed by atoms with Crippen molar-refractivity contribution in [3.63, 3.8) is 0 Å². The van der Waals surface area contributed by atoms with Crippen molar-refractivity contribution >= 4 is 5.91 Å². The van der Waals surface area contributed by atoms with E-state index < -0.39 is 0 Å². The first kappa shape index (κ1) is 16.1. The molecule has 0 saturated carbocycles. The molecule has 0 spiro atoms. The van der Waals surface area contributed by atoms with Gasteiger partial charge in [-0.3, -0.25) is 4.79 Å². The van der Waals surface area contributed by atoms with Crippen molar-refractivity contribution in [2.75, 3.05) is 26.8 Å². The number of hydrogen-bond acceptors (Lipinski definition) is 3. The zero-order valence-corrected chi connectivity index (χ0v) is 11.5. The Morgan fingerprint density at radius 1 is 1.53 bits per heavy atom. The number of methoxy groups -OCH3 is 1. The molecule has 0 radical (unpaired) electrons. The first-order valence-electron chi connectivity index (χ1n) is 5.96. The maximum Gasteiger partial charge on any atom is 0.224 e. The summed E-state index contributed by atoms with van der Waals surface area (Å²) in [6, 6.07) is -0.134. The van der Waals surface area contributed by atoms with Crippen LogP contribution in [0.2, 0.25) is 0 Å². The molecule has 4 nitrogen and oxygen atoms in total. The van der Waals surface area contributed by atoms with Crippen LogP contribution in [0.5, 0.6) is 0 Å². The van der Waals surface area contributed by atoms with Crippen LogP contribution in [-0.2, 0) is 9.53 Å². The molecule has 0 aliphatic heterocycles. The van der Waals surface area contributed by atoms with E-state index in [1.807, 2.05) is 20.8 Å². The zero-order chi connectivity index (χ0) is 13.5. The van der Waals surface area contributed by atoms with Crippen LogP contribution < -0.4 is 5.73 Å². The largest absolute Gasteiger partial charge is 0.383 e. The molecule has 1 unspecified atom stereocenters. The van der Waals surface area contributed by atoms with Gasteiger partial charge in [-0.05, 0) is 5.41 Å². The van der Waals surface area contributed by atoms with Crippen LogP contribution in [0.1, 0.15) is 27.2 Å². The van der Waals surface area contributed by atoms with Crippen LogP contribution >= 0.6 is 0 Å². The maximum absolute atomic E-state index is 12.0. The van der Waals surface area contributed by atoms with Crippen molar-refractivity contribution in [3.8, 4) is 0 Å². The highest BCUT2D eigenvalue weighted by Crippen LogP contribution is 2.20. The van der Waals surface area contributed by atoms with E-state index >= 15 is 0 Å². The lowest BCUT2D eigenvalue weighted by atomic mass is 9.85. The Morgan fingerprint density at radius 2 is 2.12 bits per heavy atom. The van der Waals surface area contributed by atoms with Gasteiger partial charge in [0.05, 0.1) is 6.61 Å². The number of amides is 1. The highest BCUT2D eigenvalue weighted by atomic mass is 16.5. The van der Waals surface area contributed by atoms with E-state index in [0.717, 1.165) is 0 Å². The van der Waals surface area contributed by atoms with Crippen LogP contribution in [-0.4, -0.2) is 43.7 Å². The minimum atomic E-state index is -0.134. The van der Waals surface area contributed by atoms with Gasteiger partial charge in [-0.15, -0.1) is 6.58 Å². The molecule has 4 heteroatoms. The number of hydrogen-bond donors (Lipinski definition) is 1. The smallest absolute Gasteiger partial charge is 0.224 e. The molecule has 0 fully saturated rings. The van der Waals surface area contributed by atoms with Gasteiger partial charge in [0.1, 0.15) is 0 Å². The summed E-state index contributed by atoms with van der Waals surface area (Å²) in [5.41, 5.74) is 5.95. The van der Waals surface area contributed by atoms with Crippen molar-refractivity contribution in [1.29, 1.82) is 0 Å². The molecule has 0 aliphatic rings. The van der Waals surface area contributed by atoms with E-state index in [2.05, 4.69) is 6.58 Å². The number of nitrogens with zero attached hydrogens (tertiary/aromatic N) is 1. The van der Waals surface area contributed by atoms with Crippen molar-refractivity contribution in [3.05, 3.63) is 12.7 Å². The fourth-order valence-electron chi connectivity index (χ4n) is 1.30. The first-order chi connectivity index (χ1) is 7.82. The van der Waals surface area contributed by atoms with E-state index in [1.54, 1.807) is 18.1 Å². The summed E-state index contributed by atoms with van der Waals surface area (Å²) >= 11 is 0. The molecule has 0 bridgehead atoms. The fourth-order valence-corrected chi connectivity index (χ4v) is 1.30. The Bertz CT molecular complexity index is 246. The minimum absolute atomic E-state index is 0.0588. The quantitative estimate of drug-likeness (QED) is 0.687. The normalized spacial score (nSPS) is 13.2. The summed E-state index contributed by atoms with van der Waals surface area (Å²) < 4.78 is 4.98. The van der Waals surface area contributed by atoms with Gasteiger partial charge in [-0.2, -0.15) is 0 Å². The van der Waals surface area contributed by atoms with Crippen LogP contribution in [0.25, 0.3) is 0 Å². The van der Waals surface area contributed by atoms with Gasteiger partial charge in [-0.25, -0.2) is 0 Å². The van der Waals surface area contributed by atoms with Gasteiger partial charge >= 0.3 is 0 Å². The highest BCUT2D eigenvalue weighted by molar-refractivity contribution is 5.77. The molecule has 0 aromatic carbocycles. The van der Waals surface area contributed by atoms with Crippen LogP contribution in [0.3, 0.4) is 0 Å². The number of carbonyl (C=O) groups is 1. The summed E-state index contributed by atoms with van der Waals surface area (Å²) in [6.07, 6.45) is 2.08. The molecular formula is C13H26N2O2. The highest BCUT2D eigenvalue weighted by Gasteiger charge is 2.25. The number of nitrogens with two attached hydrogens (primary N) is 1. The summed E-state index contributed by atoms with van der Waals surface area (Å²) in [6.45, 7) is 11.4. The molecule has 17 heavy (non-hydrogen) atoms. The number of ether oxygens (including phenoxy) is 1. The average Bonchev–Trinajstić information content (AvgIpc) is 2.22. The molecule has 2 N–H and O–H groups in total. The molecule has 100 valence electrons.